The van der Waals surface area contributed by atoms with Gasteiger partial charge in [-0.2, -0.15) is 0 Å². The van der Waals surface area contributed by atoms with E-state index in [1.165, 1.54) is 5.01 Å². The first-order valence-corrected chi connectivity index (χ1v) is 8.73. The molecule has 0 unspecified atom stereocenters. The molecule has 0 spiro atoms. The molecule has 1 aliphatic rings. The van der Waals surface area contributed by atoms with Crippen molar-refractivity contribution in [1.29, 1.82) is 0 Å². The fourth-order valence-corrected chi connectivity index (χ4v) is 3.38. The highest BCUT2D eigenvalue weighted by Crippen LogP contribution is 2.25. The number of hydrogen-bond donors (Lipinski definition) is 1. The Morgan fingerprint density at radius 1 is 0.852 bits per heavy atom. The normalized spacial score (nSPS) is 15.5. The molecule has 2 aromatic carbocycles. The van der Waals surface area contributed by atoms with Gasteiger partial charge in [-0.25, -0.2) is 5.01 Å². The number of carbonyl (C=O) groups is 2. The van der Waals surface area contributed by atoms with E-state index >= 15 is 0 Å². The van der Waals surface area contributed by atoms with Gasteiger partial charge in [0.15, 0.2) is 0 Å². The van der Waals surface area contributed by atoms with Crippen molar-refractivity contribution in [3.63, 3.8) is 0 Å². The summed E-state index contributed by atoms with van der Waals surface area (Å²) in [5, 5.41) is 1.28. The molecule has 1 aliphatic heterocycles. The minimum absolute atomic E-state index is 0.132. The molecular weight excluding hydrogens is 338 g/mol. The molecule has 0 radical (unpaired) electrons. The second-order valence-electron chi connectivity index (χ2n) is 6.47. The Morgan fingerprint density at radius 2 is 1.44 bits per heavy atom. The lowest BCUT2D eigenvalue weighted by atomic mass is 10.1. The third-order valence-electron chi connectivity index (χ3n) is 4.69. The van der Waals surface area contributed by atoms with E-state index in [-0.39, 0.29) is 11.5 Å². The number of hydrazine groups is 1. The Kier molecular flexibility index (Phi) is 4.12. The summed E-state index contributed by atoms with van der Waals surface area (Å²) >= 11 is 0. The van der Waals surface area contributed by atoms with Crippen LogP contribution >= 0.6 is 0 Å². The molecule has 1 saturated heterocycles. The third kappa shape index (κ3) is 2.93. The number of benzene rings is 2. The maximum Gasteiger partial charge on any atom is 0.282 e. The van der Waals surface area contributed by atoms with Gasteiger partial charge in [0, 0.05) is 17.1 Å². The molecule has 0 bridgehead atoms. The molecule has 27 heavy (non-hydrogen) atoms. The lowest BCUT2D eigenvalue weighted by Gasteiger charge is -2.13. The van der Waals surface area contributed by atoms with Crippen LogP contribution in [0.1, 0.15) is 17.0 Å². The van der Waals surface area contributed by atoms with Crippen LogP contribution in [0.25, 0.3) is 11.8 Å². The average molecular weight is 357 g/mol. The summed E-state index contributed by atoms with van der Waals surface area (Å²) < 4.78 is 2.11. The first kappa shape index (κ1) is 16.8. The number of rotatable bonds is 3. The first-order valence-electron chi connectivity index (χ1n) is 8.73. The largest absolute Gasteiger partial charge is 0.318 e. The molecule has 0 atom stereocenters. The van der Waals surface area contributed by atoms with Crippen LogP contribution < -0.4 is 10.4 Å². The summed E-state index contributed by atoms with van der Waals surface area (Å²) in [7, 11) is 0. The minimum atomic E-state index is -0.395. The third-order valence-corrected chi connectivity index (χ3v) is 4.69. The summed E-state index contributed by atoms with van der Waals surface area (Å²) in [5.74, 6) is -0.746. The molecule has 4 rings (SSSR count). The second-order valence-corrected chi connectivity index (χ2v) is 6.47. The molecule has 3 aromatic rings. The molecule has 134 valence electrons. The number of nitrogens with one attached hydrogen (secondary N) is 1. The Balaban J connectivity index is 1.72. The highest BCUT2D eigenvalue weighted by atomic mass is 16.2. The molecule has 5 nitrogen and oxygen atoms in total. The number of aryl methyl sites for hydroxylation is 1. The minimum Gasteiger partial charge on any atom is -0.318 e. The van der Waals surface area contributed by atoms with Crippen molar-refractivity contribution in [1.82, 2.24) is 9.99 Å². The van der Waals surface area contributed by atoms with Crippen molar-refractivity contribution in [3.05, 3.63) is 89.3 Å². The number of para-hydroxylation sites is 2. The predicted octanol–water partition coefficient (Wildman–Crippen LogP) is 3.56. The van der Waals surface area contributed by atoms with Crippen molar-refractivity contribution < 1.29 is 9.59 Å². The van der Waals surface area contributed by atoms with Gasteiger partial charge >= 0.3 is 0 Å². The van der Waals surface area contributed by atoms with Crippen LogP contribution in [0.2, 0.25) is 0 Å². The van der Waals surface area contributed by atoms with Gasteiger partial charge in [-0.3, -0.25) is 15.0 Å². The maximum atomic E-state index is 12.8. The molecule has 1 fully saturated rings. The van der Waals surface area contributed by atoms with Crippen LogP contribution in [-0.2, 0) is 9.59 Å². The van der Waals surface area contributed by atoms with E-state index in [9.17, 15) is 9.59 Å². The van der Waals surface area contributed by atoms with Gasteiger partial charge < -0.3 is 4.57 Å². The van der Waals surface area contributed by atoms with Crippen LogP contribution in [0, 0.1) is 13.8 Å². The van der Waals surface area contributed by atoms with E-state index in [0.717, 1.165) is 22.6 Å². The van der Waals surface area contributed by atoms with Crippen LogP contribution in [-0.4, -0.2) is 16.4 Å². The molecular formula is C22H19N3O2. The quantitative estimate of drug-likeness (QED) is 0.576. The molecule has 1 aromatic heterocycles. The highest BCUT2D eigenvalue weighted by Gasteiger charge is 2.34. The van der Waals surface area contributed by atoms with Gasteiger partial charge in [0.25, 0.3) is 11.8 Å². The zero-order valence-electron chi connectivity index (χ0n) is 15.1. The van der Waals surface area contributed by atoms with Crippen molar-refractivity contribution >= 4 is 23.6 Å². The van der Waals surface area contributed by atoms with Gasteiger partial charge in [0.1, 0.15) is 5.57 Å². The van der Waals surface area contributed by atoms with Gasteiger partial charge in [0.2, 0.25) is 0 Å². The van der Waals surface area contributed by atoms with Crippen molar-refractivity contribution in [2.45, 2.75) is 13.8 Å². The summed E-state index contributed by atoms with van der Waals surface area (Å²) in [6.07, 6.45) is 1.67. The van der Waals surface area contributed by atoms with E-state index in [0.29, 0.717) is 5.69 Å². The molecule has 2 heterocycles. The number of nitrogens with zero attached hydrogens (tertiary/aromatic N) is 2. The van der Waals surface area contributed by atoms with E-state index < -0.39 is 5.91 Å². The first-order chi connectivity index (χ1) is 13.1. The van der Waals surface area contributed by atoms with E-state index in [1.54, 1.807) is 18.2 Å². The summed E-state index contributed by atoms with van der Waals surface area (Å²) in [5.41, 5.74) is 7.31. The van der Waals surface area contributed by atoms with Crippen LogP contribution in [0.3, 0.4) is 0 Å². The van der Waals surface area contributed by atoms with Gasteiger partial charge in [-0.15, -0.1) is 0 Å². The van der Waals surface area contributed by atoms with E-state index in [1.807, 2.05) is 68.4 Å². The second kappa shape index (κ2) is 6.61. The fraction of sp³-hybridized carbons (Fsp3) is 0.0909. The Hall–Kier alpha value is -3.60. The predicted molar refractivity (Wildman–Crippen MR) is 105 cm³/mol. The number of carbonyl (C=O) groups excluding carboxylic acids is 2. The molecule has 0 saturated carbocycles. The van der Waals surface area contributed by atoms with E-state index in [4.69, 9.17) is 0 Å². The monoisotopic (exact) mass is 357 g/mol. The number of amides is 2. The number of hydrogen-bond acceptors (Lipinski definition) is 2. The molecule has 0 aliphatic carbocycles. The summed E-state index contributed by atoms with van der Waals surface area (Å²) in [6.45, 7) is 3.99. The van der Waals surface area contributed by atoms with Crippen molar-refractivity contribution in [3.8, 4) is 5.69 Å². The standard InChI is InChI=1S/C22H19N3O2/c1-15-13-17(16(2)24(15)18-9-5-3-6-10-18)14-20-21(26)23-25(22(20)27)19-11-7-4-8-12-19/h3-14H,1-2H3,(H,23,26). The average Bonchev–Trinajstić information content (AvgIpc) is 3.13. The van der Waals surface area contributed by atoms with Gasteiger partial charge in [0.05, 0.1) is 5.69 Å². The zero-order chi connectivity index (χ0) is 19.0. The smallest absolute Gasteiger partial charge is 0.282 e. The SMILES string of the molecule is Cc1cc(C=C2C(=O)NN(c3ccccc3)C2=O)c(C)n1-c1ccccc1. The number of aromatic nitrogens is 1. The molecule has 2 amide bonds. The van der Waals surface area contributed by atoms with Crippen molar-refractivity contribution in [2.24, 2.45) is 0 Å². The fourth-order valence-electron chi connectivity index (χ4n) is 3.38. The van der Waals surface area contributed by atoms with Gasteiger partial charge in [-0.1, -0.05) is 36.4 Å². The van der Waals surface area contributed by atoms with Crippen LogP contribution in [0.4, 0.5) is 5.69 Å². The van der Waals surface area contributed by atoms with Crippen LogP contribution in [0.15, 0.2) is 72.3 Å². The lowest BCUT2D eigenvalue weighted by Crippen LogP contribution is -2.35. The topological polar surface area (TPSA) is 54.3 Å². The number of anilines is 1. The summed E-state index contributed by atoms with van der Waals surface area (Å²) in [4.78, 5) is 25.2. The Morgan fingerprint density at radius 3 is 2.07 bits per heavy atom. The van der Waals surface area contributed by atoms with Crippen molar-refractivity contribution in [2.75, 3.05) is 5.01 Å². The maximum absolute atomic E-state index is 12.8. The van der Waals surface area contributed by atoms with Crippen LogP contribution in [0.5, 0.6) is 0 Å². The Labute approximate surface area is 157 Å². The highest BCUT2D eigenvalue weighted by molar-refractivity contribution is 6.31. The Bertz CT molecular complexity index is 1050. The summed E-state index contributed by atoms with van der Waals surface area (Å²) in [6, 6.07) is 21.1. The molecule has 1 N–H and O–H groups in total. The van der Waals surface area contributed by atoms with E-state index in [2.05, 4.69) is 9.99 Å². The zero-order valence-corrected chi connectivity index (χ0v) is 15.1. The van der Waals surface area contributed by atoms with Gasteiger partial charge in [-0.05, 0) is 55.8 Å². The lowest BCUT2D eigenvalue weighted by molar-refractivity contribution is -0.117. The molecule has 5 heteroatoms.